The lowest BCUT2D eigenvalue weighted by Gasteiger charge is -2.23. The number of imide groups is 1. The molecule has 0 unspecified atom stereocenters. The van der Waals surface area contributed by atoms with Crippen LogP contribution in [0.3, 0.4) is 0 Å². The van der Waals surface area contributed by atoms with Crippen molar-refractivity contribution in [3.05, 3.63) is 22.8 Å². The summed E-state index contributed by atoms with van der Waals surface area (Å²) in [6, 6.07) is 5.22. The number of pyridine rings is 1. The number of amides is 2. The van der Waals surface area contributed by atoms with Crippen molar-refractivity contribution in [3.8, 4) is 0 Å². The number of nitrogens with zero attached hydrogens (tertiary/aromatic N) is 2. The molecule has 1 aliphatic heterocycles. The van der Waals surface area contributed by atoms with Crippen LogP contribution < -0.4 is 4.90 Å². The predicted molar refractivity (Wildman–Crippen MR) is 72.1 cm³/mol. The summed E-state index contributed by atoms with van der Waals surface area (Å²) < 4.78 is 0.617. The summed E-state index contributed by atoms with van der Waals surface area (Å²) in [5.74, 6) is 0.126. The largest absolute Gasteiger partial charge is 0.274 e. The molecule has 0 bridgehead atoms. The topological polar surface area (TPSA) is 50.3 Å². The number of aromatic nitrogens is 1. The first-order valence-corrected chi connectivity index (χ1v) is 6.83. The number of rotatable bonds is 3. The fourth-order valence-electron chi connectivity index (χ4n) is 2.35. The second-order valence-electron chi connectivity index (χ2n) is 4.52. The highest BCUT2D eigenvalue weighted by molar-refractivity contribution is 9.10. The Morgan fingerprint density at radius 1 is 1.33 bits per heavy atom. The Hall–Kier alpha value is -1.23. The molecular weight excluding hydrogens is 296 g/mol. The lowest BCUT2D eigenvalue weighted by atomic mass is 9.81. The van der Waals surface area contributed by atoms with Gasteiger partial charge in [0.15, 0.2) is 0 Å². The molecule has 2 heterocycles. The number of carbonyl (C=O) groups excluding carboxylic acids is 2. The van der Waals surface area contributed by atoms with E-state index in [9.17, 15) is 9.59 Å². The lowest BCUT2D eigenvalue weighted by molar-refractivity contribution is -0.126. The highest BCUT2D eigenvalue weighted by atomic mass is 79.9. The maximum Gasteiger partial charge on any atom is 0.241 e. The normalized spacial score (nSPS) is 18.5. The smallest absolute Gasteiger partial charge is 0.241 e. The lowest BCUT2D eigenvalue weighted by Crippen LogP contribution is -2.35. The molecule has 0 saturated carbocycles. The molecule has 1 aromatic rings. The summed E-state index contributed by atoms with van der Waals surface area (Å²) in [5.41, 5.74) is -0.541. The van der Waals surface area contributed by atoms with Gasteiger partial charge in [-0.3, -0.25) is 9.59 Å². The second-order valence-corrected chi connectivity index (χ2v) is 5.33. The van der Waals surface area contributed by atoms with E-state index in [0.29, 0.717) is 23.3 Å². The predicted octanol–water partition coefficient (Wildman–Crippen LogP) is 2.91. The quantitative estimate of drug-likeness (QED) is 0.637. The number of anilines is 1. The van der Waals surface area contributed by atoms with E-state index in [0.717, 1.165) is 0 Å². The van der Waals surface area contributed by atoms with Crippen molar-refractivity contribution in [2.75, 3.05) is 4.90 Å². The Balaban J connectivity index is 2.41. The van der Waals surface area contributed by atoms with Gasteiger partial charge in [-0.1, -0.05) is 19.9 Å². The van der Waals surface area contributed by atoms with Gasteiger partial charge in [-0.2, -0.15) is 0 Å². The van der Waals surface area contributed by atoms with E-state index < -0.39 is 5.41 Å². The van der Waals surface area contributed by atoms with E-state index >= 15 is 0 Å². The average molecular weight is 311 g/mol. The van der Waals surface area contributed by atoms with Gasteiger partial charge in [-0.15, -0.1) is 0 Å². The molecule has 5 heteroatoms. The maximum absolute atomic E-state index is 12.5. The van der Waals surface area contributed by atoms with Crippen molar-refractivity contribution in [2.45, 2.75) is 33.1 Å². The van der Waals surface area contributed by atoms with Crippen LogP contribution in [0.5, 0.6) is 0 Å². The van der Waals surface area contributed by atoms with Gasteiger partial charge in [-0.05, 0) is 40.9 Å². The van der Waals surface area contributed by atoms with Crippen LogP contribution in [0.4, 0.5) is 5.82 Å². The van der Waals surface area contributed by atoms with Crippen molar-refractivity contribution < 1.29 is 9.59 Å². The Kier molecular flexibility index (Phi) is 3.52. The first-order chi connectivity index (χ1) is 8.54. The zero-order valence-corrected chi connectivity index (χ0v) is 12.0. The number of carbonyl (C=O) groups is 2. The fraction of sp³-hybridized carbons (Fsp3) is 0.462. The number of hydrogen-bond donors (Lipinski definition) is 0. The second kappa shape index (κ2) is 4.80. The van der Waals surface area contributed by atoms with Crippen LogP contribution in [0.1, 0.15) is 33.1 Å². The SMILES string of the molecule is CCC1(CC)CC(=O)N(c2cccc(Br)n2)C1=O. The van der Waals surface area contributed by atoms with Gasteiger partial charge in [0.2, 0.25) is 11.8 Å². The fourth-order valence-corrected chi connectivity index (χ4v) is 2.69. The summed E-state index contributed by atoms with van der Waals surface area (Å²) in [6.07, 6.45) is 1.64. The first-order valence-electron chi connectivity index (χ1n) is 6.04. The first kappa shape index (κ1) is 13.2. The van der Waals surface area contributed by atoms with Gasteiger partial charge in [0.05, 0.1) is 5.41 Å². The van der Waals surface area contributed by atoms with Crippen LogP contribution in [-0.4, -0.2) is 16.8 Å². The molecule has 0 atom stereocenters. The van der Waals surface area contributed by atoms with Gasteiger partial charge < -0.3 is 0 Å². The van der Waals surface area contributed by atoms with E-state index in [1.54, 1.807) is 18.2 Å². The van der Waals surface area contributed by atoms with E-state index in [2.05, 4.69) is 20.9 Å². The summed E-state index contributed by atoms with van der Waals surface area (Å²) in [5, 5.41) is 0. The highest BCUT2D eigenvalue weighted by Crippen LogP contribution is 2.40. The molecule has 2 rings (SSSR count). The average Bonchev–Trinajstić information content (AvgIpc) is 2.61. The summed E-state index contributed by atoms with van der Waals surface area (Å²) in [6.45, 7) is 3.90. The summed E-state index contributed by atoms with van der Waals surface area (Å²) in [4.78, 5) is 30.0. The molecule has 1 aliphatic rings. The van der Waals surface area contributed by atoms with E-state index in [1.165, 1.54) is 4.90 Å². The third kappa shape index (κ3) is 1.96. The highest BCUT2D eigenvalue weighted by Gasteiger charge is 2.50. The van der Waals surface area contributed by atoms with E-state index in [1.807, 2.05) is 13.8 Å². The van der Waals surface area contributed by atoms with Crippen molar-refractivity contribution in [2.24, 2.45) is 5.41 Å². The van der Waals surface area contributed by atoms with Crippen molar-refractivity contribution in [3.63, 3.8) is 0 Å². The van der Waals surface area contributed by atoms with Gasteiger partial charge in [-0.25, -0.2) is 9.88 Å². The standard InChI is InChI=1S/C13H15BrN2O2/c1-3-13(4-2)8-11(17)16(12(13)18)10-7-5-6-9(14)15-10/h5-7H,3-4,8H2,1-2H3. The Morgan fingerprint density at radius 3 is 2.50 bits per heavy atom. The van der Waals surface area contributed by atoms with E-state index in [-0.39, 0.29) is 18.2 Å². The van der Waals surface area contributed by atoms with Crippen molar-refractivity contribution in [1.82, 2.24) is 4.98 Å². The van der Waals surface area contributed by atoms with Crippen LogP contribution in [0, 0.1) is 5.41 Å². The van der Waals surface area contributed by atoms with Gasteiger partial charge in [0.1, 0.15) is 10.4 Å². The molecule has 0 aromatic carbocycles. The third-order valence-electron chi connectivity index (χ3n) is 3.68. The Bertz CT molecular complexity index is 498. The minimum absolute atomic E-state index is 0.122. The molecule has 18 heavy (non-hydrogen) atoms. The number of halogens is 1. The van der Waals surface area contributed by atoms with Gasteiger partial charge in [0.25, 0.3) is 0 Å². The Labute approximate surface area is 115 Å². The van der Waals surface area contributed by atoms with E-state index in [4.69, 9.17) is 0 Å². The molecule has 0 spiro atoms. The monoisotopic (exact) mass is 310 g/mol. The molecular formula is C13H15BrN2O2. The summed E-state index contributed by atoms with van der Waals surface area (Å²) in [7, 11) is 0. The minimum Gasteiger partial charge on any atom is -0.274 e. The van der Waals surface area contributed by atoms with Crippen LogP contribution in [0.15, 0.2) is 22.8 Å². The molecule has 4 nitrogen and oxygen atoms in total. The van der Waals surface area contributed by atoms with Crippen LogP contribution >= 0.6 is 15.9 Å². The molecule has 0 aliphatic carbocycles. The van der Waals surface area contributed by atoms with Crippen LogP contribution in [0.2, 0.25) is 0 Å². The molecule has 1 saturated heterocycles. The molecule has 1 aromatic heterocycles. The van der Waals surface area contributed by atoms with Crippen molar-refractivity contribution in [1.29, 1.82) is 0 Å². The number of hydrogen-bond acceptors (Lipinski definition) is 3. The molecule has 0 N–H and O–H groups in total. The maximum atomic E-state index is 12.5. The van der Waals surface area contributed by atoms with Crippen LogP contribution in [-0.2, 0) is 9.59 Å². The molecule has 0 radical (unpaired) electrons. The summed E-state index contributed by atoms with van der Waals surface area (Å²) >= 11 is 3.25. The van der Waals surface area contributed by atoms with Gasteiger partial charge >= 0.3 is 0 Å². The van der Waals surface area contributed by atoms with Gasteiger partial charge in [0, 0.05) is 6.42 Å². The minimum atomic E-state index is -0.541. The zero-order chi connectivity index (χ0) is 13.3. The van der Waals surface area contributed by atoms with Crippen LogP contribution in [0.25, 0.3) is 0 Å². The molecule has 96 valence electrons. The molecule has 1 fully saturated rings. The third-order valence-corrected chi connectivity index (χ3v) is 4.12. The Morgan fingerprint density at radius 2 is 2.00 bits per heavy atom. The molecule has 2 amide bonds. The zero-order valence-electron chi connectivity index (χ0n) is 10.4. The van der Waals surface area contributed by atoms with Crippen molar-refractivity contribution >= 4 is 33.6 Å².